The van der Waals surface area contributed by atoms with Crippen LogP contribution >= 0.6 is 11.8 Å². The number of hydrogen-bond acceptors (Lipinski definition) is 8. The molecule has 14 heteroatoms. The molecule has 4 rings (SSSR count). The molecule has 0 aliphatic rings. The summed E-state index contributed by atoms with van der Waals surface area (Å²) < 4.78 is 51.0. The van der Waals surface area contributed by atoms with Crippen LogP contribution in [0.3, 0.4) is 0 Å². The van der Waals surface area contributed by atoms with Crippen LogP contribution in [0.25, 0.3) is 5.69 Å². The number of halogens is 3. The zero-order chi connectivity index (χ0) is 31.0. The lowest BCUT2D eigenvalue weighted by molar-refractivity contribution is -0.137. The van der Waals surface area contributed by atoms with Crippen molar-refractivity contribution >= 4 is 35.2 Å². The quantitative estimate of drug-likeness (QED) is 0.176. The molecule has 10 nitrogen and oxygen atoms in total. The molecule has 0 saturated heterocycles. The van der Waals surface area contributed by atoms with Crippen molar-refractivity contribution in [3.63, 3.8) is 0 Å². The molecule has 2 N–H and O–H groups in total. The average Bonchev–Trinajstić information content (AvgIpc) is 3.41. The molecule has 4 aromatic rings. The average molecular weight is 614 g/mol. The van der Waals surface area contributed by atoms with E-state index < -0.39 is 29.5 Å². The Kier molecular flexibility index (Phi) is 10.0. The van der Waals surface area contributed by atoms with Gasteiger partial charge in [-0.2, -0.15) is 13.2 Å². The van der Waals surface area contributed by atoms with Gasteiger partial charge in [0.25, 0.3) is 5.91 Å². The van der Waals surface area contributed by atoms with Crippen LogP contribution in [0.1, 0.15) is 39.0 Å². The molecule has 0 saturated carbocycles. The predicted molar refractivity (Wildman–Crippen MR) is 152 cm³/mol. The standard InChI is InChI=1S/C29H26F3N5O5S/c1-3-42-27(40)19-4-10-21(11-5-19)34-25(38)17-43-28-36-35-24(16-33-26(39)18-6-14-23(41-2)15-7-18)37(28)22-12-8-20(9-13-22)29(30,31)32/h4-15H,3,16-17H2,1-2H3,(H,33,39)(H,34,38). The topological polar surface area (TPSA) is 124 Å². The minimum atomic E-state index is -4.52. The van der Waals surface area contributed by atoms with Crippen molar-refractivity contribution in [3.05, 3.63) is 95.3 Å². The number of anilines is 1. The Hall–Kier alpha value is -4.85. The van der Waals surface area contributed by atoms with E-state index in [0.29, 0.717) is 28.3 Å². The highest BCUT2D eigenvalue weighted by Gasteiger charge is 2.30. The summed E-state index contributed by atoms with van der Waals surface area (Å²) in [6.45, 7) is 1.84. The first-order valence-electron chi connectivity index (χ1n) is 12.8. The van der Waals surface area contributed by atoms with E-state index in [4.69, 9.17) is 9.47 Å². The molecule has 1 aromatic heterocycles. The van der Waals surface area contributed by atoms with Gasteiger partial charge in [0.2, 0.25) is 5.91 Å². The fourth-order valence-electron chi connectivity index (χ4n) is 3.80. The van der Waals surface area contributed by atoms with E-state index in [1.54, 1.807) is 43.3 Å². The number of esters is 1. The molecule has 1 heterocycles. The number of thioether (sulfide) groups is 1. The Labute approximate surface area is 248 Å². The van der Waals surface area contributed by atoms with Crippen LogP contribution in [-0.4, -0.2) is 52.0 Å². The van der Waals surface area contributed by atoms with Crippen LogP contribution < -0.4 is 15.4 Å². The summed E-state index contributed by atoms with van der Waals surface area (Å²) in [6.07, 6.45) is -4.52. The molecule has 0 bridgehead atoms. The third-order valence-corrected chi connectivity index (χ3v) is 6.85. The number of nitrogens with one attached hydrogen (secondary N) is 2. The van der Waals surface area contributed by atoms with Crippen molar-refractivity contribution in [1.29, 1.82) is 0 Å². The van der Waals surface area contributed by atoms with Crippen LogP contribution in [-0.2, 0) is 22.3 Å². The fourth-order valence-corrected chi connectivity index (χ4v) is 4.57. The van der Waals surface area contributed by atoms with Crippen LogP contribution in [0, 0.1) is 0 Å². The Morgan fingerprint density at radius 3 is 2.16 bits per heavy atom. The van der Waals surface area contributed by atoms with Gasteiger partial charge in [0.15, 0.2) is 11.0 Å². The highest BCUT2D eigenvalue weighted by molar-refractivity contribution is 7.99. The second-order valence-corrected chi connectivity index (χ2v) is 9.77. The van der Waals surface area contributed by atoms with E-state index in [1.165, 1.54) is 35.9 Å². The van der Waals surface area contributed by atoms with Crippen molar-refractivity contribution in [1.82, 2.24) is 20.1 Å². The van der Waals surface area contributed by atoms with Gasteiger partial charge in [-0.05, 0) is 79.7 Å². The van der Waals surface area contributed by atoms with E-state index in [1.807, 2.05) is 0 Å². The number of nitrogens with zero attached hydrogens (tertiary/aromatic N) is 3. The molecule has 3 aromatic carbocycles. The molecular formula is C29H26F3N5O5S. The first kappa shape index (κ1) is 31.1. The molecule has 43 heavy (non-hydrogen) atoms. The summed E-state index contributed by atoms with van der Waals surface area (Å²) in [5.74, 6) is -0.583. The molecule has 0 radical (unpaired) electrons. The van der Waals surface area contributed by atoms with Crippen molar-refractivity contribution in [2.24, 2.45) is 0 Å². The summed E-state index contributed by atoms with van der Waals surface area (Å²) >= 11 is 1.00. The van der Waals surface area contributed by atoms with Gasteiger partial charge in [0.1, 0.15) is 5.75 Å². The Bertz CT molecular complexity index is 1570. The summed E-state index contributed by atoms with van der Waals surface area (Å²) in [7, 11) is 1.51. The zero-order valence-corrected chi connectivity index (χ0v) is 23.8. The van der Waals surface area contributed by atoms with Gasteiger partial charge in [0.05, 0.1) is 37.1 Å². The number of carbonyl (C=O) groups excluding carboxylic acids is 3. The number of amides is 2. The number of aromatic nitrogens is 3. The second-order valence-electron chi connectivity index (χ2n) is 8.82. The molecule has 0 aliphatic carbocycles. The number of rotatable bonds is 11. The van der Waals surface area contributed by atoms with Gasteiger partial charge < -0.3 is 20.1 Å². The number of benzene rings is 3. The molecule has 2 amide bonds. The van der Waals surface area contributed by atoms with E-state index in [-0.39, 0.29) is 29.9 Å². The summed E-state index contributed by atoms with van der Waals surface area (Å²) in [5.41, 5.74) is 0.628. The normalized spacial score (nSPS) is 11.1. The number of carbonyl (C=O) groups is 3. The van der Waals surface area contributed by atoms with Crippen molar-refractivity contribution in [2.75, 3.05) is 24.8 Å². The maximum Gasteiger partial charge on any atom is 0.416 e. The SMILES string of the molecule is CCOC(=O)c1ccc(NC(=O)CSc2nnc(CNC(=O)c3ccc(OC)cc3)n2-c2ccc(C(F)(F)F)cc2)cc1. The Morgan fingerprint density at radius 2 is 1.56 bits per heavy atom. The lowest BCUT2D eigenvalue weighted by Gasteiger charge is -2.13. The monoisotopic (exact) mass is 613 g/mol. The maximum atomic E-state index is 13.2. The molecule has 224 valence electrons. The van der Waals surface area contributed by atoms with E-state index >= 15 is 0 Å². The van der Waals surface area contributed by atoms with Gasteiger partial charge in [-0.25, -0.2) is 4.79 Å². The predicted octanol–water partition coefficient (Wildman–Crippen LogP) is 5.13. The van der Waals surface area contributed by atoms with E-state index in [9.17, 15) is 27.6 Å². The first-order chi connectivity index (χ1) is 20.6. The van der Waals surface area contributed by atoms with Crippen LogP contribution in [0.15, 0.2) is 78.0 Å². The Balaban J connectivity index is 1.49. The van der Waals surface area contributed by atoms with E-state index in [2.05, 4.69) is 20.8 Å². The second kappa shape index (κ2) is 13.9. The molecule has 0 unspecified atom stereocenters. The number of hydrogen-bond donors (Lipinski definition) is 2. The highest BCUT2D eigenvalue weighted by Crippen LogP contribution is 2.31. The Morgan fingerprint density at radius 1 is 0.907 bits per heavy atom. The van der Waals surface area contributed by atoms with Crippen molar-refractivity contribution < 1.29 is 37.0 Å². The smallest absolute Gasteiger partial charge is 0.416 e. The maximum absolute atomic E-state index is 13.2. The summed E-state index contributed by atoms with van der Waals surface area (Å²) in [6, 6.07) is 17.0. The third-order valence-electron chi connectivity index (χ3n) is 5.92. The number of ether oxygens (including phenoxy) is 2. The van der Waals surface area contributed by atoms with Gasteiger partial charge in [-0.1, -0.05) is 11.8 Å². The van der Waals surface area contributed by atoms with Crippen LogP contribution in [0.2, 0.25) is 0 Å². The van der Waals surface area contributed by atoms with Crippen LogP contribution in [0.5, 0.6) is 5.75 Å². The molecule has 0 atom stereocenters. The lowest BCUT2D eigenvalue weighted by Crippen LogP contribution is -2.24. The third kappa shape index (κ3) is 8.13. The fraction of sp³-hybridized carbons (Fsp3) is 0.207. The molecular weight excluding hydrogens is 587 g/mol. The van der Waals surface area contributed by atoms with Crippen molar-refractivity contribution in [2.45, 2.75) is 24.8 Å². The number of methoxy groups -OCH3 is 1. The lowest BCUT2D eigenvalue weighted by atomic mass is 10.2. The number of alkyl halides is 3. The highest BCUT2D eigenvalue weighted by atomic mass is 32.2. The minimum Gasteiger partial charge on any atom is -0.497 e. The zero-order valence-electron chi connectivity index (χ0n) is 23.0. The molecule has 0 fully saturated rings. The molecule has 0 spiro atoms. The van der Waals surface area contributed by atoms with Crippen LogP contribution in [0.4, 0.5) is 18.9 Å². The van der Waals surface area contributed by atoms with Gasteiger partial charge in [-0.15, -0.1) is 10.2 Å². The van der Waals surface area contributed by atoms with Crippen molar-refractivity contribution in [3.8, 4) is 11.4 Å². The van der Waals surface area contributed by atoms with Gasteiger partial charge in [-0.3, -0.25) is 14.2 Å². The summed E-state index contributed by atoms with van der Waals surface area (Å²) in [5, 5.41) is 13.9. The van der Waals surface area contributed by atoms with Gasteiger partial charge in [0, 0.05) is 16.9 Å². The largest absolute Gasteiger partial charge is 0.497 e. The summed E-state index contributed by atoms with van der Waals surface area (Å²) in [4.78, 5) is 37.2. The van der Waals surface area contributed by atoms with E-state index in [0.717, 1.165) is 23.9 Å². The molecule has 0 aliphatic heterocycles. The first-order valence-corrected chi connectivity index (χ1v) is 13.8. The van der Waals surface area contributed by atoms with Gasteiger partial charge >= 0.3 is 12.1 Å². The minimum absolute atomic E-state index is 0.0988.